The maximum absolute atomic E-state index is 11.2. The van der Waals surface area contributed by atoms with Gasteiger partial charge >= 0.3 is 0 Å². The maximum Gasteiger partial charge on any atom is 0.247 e. The summed E-state index contributed by atoms with van der Waals surface area (Å²) in [4.78, 5) is 19.7. The molecule has 0 saturated heterocycles. The average molecular weight is 310 g/mol. The van der Waals surface area contributed by atoms with Gasteiger partial charge in [-0.1, -0.05) is 32.6 Å². The lowest BCUT2D eigenvalue weighted by Gasteiger charge is -2.24. The van der Waals surface area contributed by atoms with Crippen molar-refractivity contribution in [2.45, 2.75) is 25.8 Å². The van der Waals surface area contributed by atoms with Crippen LogP contribution in [0.5, 0.6) is 0 Å². The van der Waals surface area contributed by atoms with E-state index in [9.17, 15) is 4.79 Å². The largest absolute Gasteiger partial charge is 0.323 e. The van der Waals surface area contributed by atoms with Crippen molar-refractivity contribution in [3.05, 3.63) is 66.8 Å². The summed E-state index contributed by atoms with van der Waals surface area (Å²) in [5, 5.41) is 6.17. The second-order valence-corrected chi connectivity index (χ2v) is 5.97. The van der Waals surface area contributed by atoms with Crippen molar-refractivity contribution in [2.75, 3.05) is 11.9 Å². The summed E-state index contributed by atoms with van der Waals surface area (Å²) >= 11 is 0. The smallest absolute Gasteiger partial charge is 0.247 e. The third-order valence-corrected chi connectivity index (χ3v) is 3.56. The first-order valence-corrected chi connectivity index (χ1v) is 7.51. The third kappa shape index (κ3) is 5.00. The molecule has 2 N–H and O–H groups in total. The van der Waals surface area contributed by atoms with E-state index in [1.807, 2.05) is 24.3 Å². The molecule has 0 aliphatic heterocycles. The number of aromatic nitrogens is 2. The molecule has 0 aliphatic carbocycles. The van der Waals surface area contributed by atoms with Crippen molar-refractivity contribution in [1.82, 2.24) is 15.3 Å². The Bertz CT molecular complexity index is 650. The summed E-state index contributed by atoms with van der Waals surface area (Å²) in [7, 11) is 0. The lowest BCUT2D eigenvalue weighted by molar-refractivity contribution is -0.111. The van der Waals surface area contributed by atoms with Gasteiger partial charge in [0.1, 0.15) is 0 Å². The molecule has 120 valence electrons. The van der Waals surface area contributed by atoms with E-state index in [0.717, 1.165) is 30.0 Å². The molecule has 2 rings (SSSR count). The SMILES string of the molecule is C=CC(=O)Nc1ccc(CNCC(C)(C)c2cnccn2)cc1. The minimum absolute atomic E-state index is 0.0911. The Morgan fingerprint density at radius 3 is 2.61 bits per heavy atom. The number of hydrogen-bond donors (Lipinski definition) is 2. The van der Waals surface area contributed by atoms with E-state index in [2.05, 4.69) is 41.0 Å². The standard InChI is InChI=1S/C18H22N4O/c1-4-17(23)22-15-7-5-14(6-8-15)11-20-13-18(2,3)16-12-19-9-10-21-16/h4-10,12,20H,1,11,13H2,2-3H3,(H,22,23). The van der Waals surface area contributed by atoms with Crippen LogP contribution in [0.4, 0.5) is 5.69 Å². The number of carbonyl (C=O) groups excluding carboxylic acids is 1. The van der Waals surface area contributed by atoms with Gasteiger partial charge in [-0.2, -0.15) is 0 Å². The topological polar surface area (TPSA) is 66.9 Å². The fraction of sp³-hybridized carbons (Fsp3) is 0.278. The number of nitrogens with zero attached hydrogens (tertiary/aromatic N) is 2. The fourth-order valence-electron chi connectivity index (χ4n) is 2.16. The van der Waals surface area contributed by atoms with Crippen LogP contribution in [0.25, 0.3) is 0 Å². The maximum atomic E-state index is 11.2. The molecule has 5 nitrogen and oxygen atoms in total. The van der Waals surface area contributed by atoms with Gasteiger partial charge in [0.15, 0.2) is 0 Å². The highest BCUT2D eigenvalue weighted by molar-refractivity contribution is 5.98. The molecule has 0 unspecified atom stereocenters. The van der Waals surface area contributed by atoms with E-state index in [1.54, 1.807) is 18.6 Å². The van der Waals surface area contributed by atoms with Crippen LogP contribution in [0.1, 0.15) is 25.1 Å². The molecule has 0 saturated carbocycles. The quantitative estimate of drug-likeness (QED) is 0.772. The molecular formula is C18H22N4O. The molecule has 1 amide bonds. The van der Waals surface area contributed by atoms with Crippen LogP contribution in [0, 0.1) is 0 Å². The molecule has 2 aromatic rings. The third-order valence-electron chi connectivity index (χ3n) is 3.56. The number of carbonyl (C=O) groups is 1. The van der Waals surface area contributed by atoms with Crippen molar-refractivity contribution in [2.24, 2.45) is 0 Å². The number of hydrogen-bond acceptors (Lipinski definition) is 4. The van der Waals surface area contributed by atoms with Gasteiger partial charge in [-0.3, -0.25) is 14.8 Å². The van der Waals surface area contributed by atoms with Crippen LogP contribution in [0.2, 0.25) is 0 Å². The van der Waals surface area contributed by atoms with Gasteiger partial charge in [-0.05, 0) is 23.8 Å². The predicted molar refractivity (Wildman–Crippen MR) is 92.0 cm³/mol. The van der Waals surface area contributed by atoms with Gasteiger partial charge < -0.3 is 10.6 Å². The molecule has 1 aromatic heterocycles. The molecule has 0 aliphatic rings. The van der Waals surface area contributed by atoms with Crippen LogP contribution >= 0.6 is 0 Å². The highest BCUT2D eigenvalue weighted by atomic mass is 16.1. The lowest BCUT2D eigenvalue weighted by atomic mass is 9.89. The van der Waals surface area contributed by atoms with Gasteiger partial charge in [-0.15, -0.1) is 0 Å². The summed E-state index contributed by atoms with van der Waals surface area (Å²) in [5.74, 6) is -0.207. The van der Waals surface area contributed by atoms with Crippen molar-refractivity contribution in [1.29, 1.82) is 0 Å². The predicted octanol–water partition coefficient (Wildman–Crippen LogP) is 2.67. The molecule has 1 aromatic carbocycles. The molecule has 0 bridgehead atoms. The monoisotopic (exact) mass is 310 g/mol. The molecule has 1 heterocycles. The van der Waals surface area contributed by atoms with E-state index in [-0.39, 0.29) is 11.3 Å². The number of benzene rings is 1. The Hall–Kier alpha value is -2.53. The lowest BCUT2D eigenvalue weighted by Crippen LogP contribution is -2.33. The number of nitrogens with one attached hydrogen (secondary N) is 2. The Kier molecular flexibility index (Phi) is 5.60. The number of amides is 1. The van der Waals surface area contributed by atoms with Crippen LogP contribution < -0.4 is 10.6 Å². The summed E-state index contributed by atoms with van der Waals surface area (Å²) in [6.07, 6.45) is 6.45. The first-order chi connectivity index (χ1) is 11.0. The van der Waals surface area contributed by atoms with Crippen molar-refractivity contribution < 1.29 is 4.79 Å². The van der Waals surface area contributed by atoms with Crippen LogP contribution in [-0.2, 0) is 16.8 Å². The van der Waals surface area contributed by atoms with Crippen molar-refractivity contribution in [3.63, 3.8) is 0 Å². The highest BCUT2D eigenvalue weighted by Gasteiger charge is 2.21. The Labute approximate surface area is 136 Å². The van der Waals surface area contributed by atoms with Crippen LogP contribution in [0.3, 0.4) is 0 Å². The average Bonchev–Trinajstić information content (AvgIpc) is 2.57. The zero-order valence-corrected chi connectivity index (χ0v) is 13.5. The molecule has 23 heavy (non-hydrogen) atoms. The minimum Gasteiger partial charge on any atom is -0.323 e. The van der Waals surface area contributed by atoms with Gasteiger partial charge in [0.05, 0.1) is 5.69 Å². The van der Waals surface area contributed by atoms with Gasteiger partial charge in [0.25, 0.3) is 0 Å². The summed E-state index contributed by atoms with van der Waals surface area (Å²) in [6.45, 7) is 9.25. The zero-order valence-electron chi connectivity index (χ0n) is 13.5. The summed E-state index contributed by atoms with van der Waals surface area (Å²) in [5.41, 5.74) is 2.79. The molecule has 5 heteroatoms. The van der Waals surface area contributed by atoms with Gasteiger partial charge in [0, 0.05) is 42.8 Å². The highest BCUT2D eigenvalue weighted by Crippen LogP contribution is 2.19. The van der Waals surface area contributed by atoms with E-state index in [0.29, 0.717) is 0 Å². The van der Waals surface area contributed by atoms with Crippen LogP contribution in [0.15, 0.2) is 55.5 Å². The van der Waals surface area contributed by atoms with E-state index >= 15 is 0 Å². The molecule has 0 radical (unpaired) electrons. The second-order valence-electron chi connectivity index (χ2n) is 5.97. The summed E-state index contributed by atoms with van der Waals surface area (Å²) < 4.78 is 0. The minimum atomic E-state index is -0.207. The van der Waals surface area contributed by atoms with Gasteiger partial charge in [-0.25, -0.2) is 0 Å². The number of rotatable bonds is 7. The molecule has 0 atom stereocenters. The Morgan fingerprint density at radius 1 is 1.26 bits per heavy atom. The summed E-state index contributed by atoms with van der Waals surface area (Å²) in [6, 6.07) is 7.74. The second kappa shape index (κ2) is 7.65. The molecular weight excluding hydrogens is 288 g/mol. The Morgan fingerprint density at radius 2 is 2.00 bits per heavy atom. The first-order valence-electron chi connectivity index (χ1n) is 7.51. The van der Waals surface area contributed by atoms with Crippen molar-refractivity contribution in [3.8, 4) is 0 Å². The van der Waals surface area contributed by atoms with E-state index in [4.69, 9.17) is 0 Å². The van der Waals surface area contributed by atoms with Crippen LogP contribution in [-0.4, -0.2) is 22.4 Å². The fourth-order valence-corrected chi connectivity index (χ4v) is 2.16. The van der Waals surface area contributed by atoms with E-state index < -0.39 is 0 Å². The normalized spacial score (nSPS) is 11.0. The van der Waals surface area contributed by atoms with Crippen molar-refractivity contribution >= 4 is 11.6 Å². The molecule has 0 spiro atoms. The molecule has 0 fully saturated rings. The first kappa shape index (κ1) is 16.8. The van der Waals surface area contributed by atoms with Gasteiger partial charge in [0.2, 0.25) is 5.91 Å². The number of anilines is 1. The Balaban J connectivity index is 1.86. The zero-order chi connectivity index (χ0) is 16.7. The van der Waals surface area contributed by atoms with E-state index in [1.165, 1.54) is 6.08 Å².